The Morgan fingerprint density at radius 2 is 2.25 bits per heavy atom. The quantitative estimate of drug-likeness (QED) is 0.830. The van der Waals surface area contributed by atoms with Crippen molar-refractivity contribution in [2.24, 2.45) is 12.8 Å². The van der Waals surface area contributed by atoms with Gasteiger partial charge in [-0.15, -0.1) is 0 Å². The normalized spacial score (nSPS) is 12.9. The molecule has 0 spiro atoms. The second kappa shape index (κ2) is 4.49. The van der Waals surface area contributed by atoms with Crippen molar-refractivity contribution in [3.8, 4) is 0 Å². The van der Waals surface area contributed by atoms with Crippen molar-refractivity contribution in [2.45, 2.75) is 25.9 Å². The molecule has 5 heteroatoms. The minimum absolute atomic E-state index is 0.0890. The molecule has 0 aliphatic carbocycles. The van der Waals surface area contributed by atoms with Crippen molar-refractivity contribution in [1.29, 1.82) is 0 Å². The summed E-state index contributed by atoms with van der Waals surface area (Å²) in [6.45, 7) is 3.02. The summed E-state index contributed by atoms with van der Waals surface area (Å²) < 4.78 is 3.87. The summed E-state index contributed by atoms with van der Waals surface area (Å²) in [6, 6.07) is 1.86. The van der Waals surface area contributed by atoms with Crippen LogP contribution >= 0.6 is 0 Å². The molecule has 2 aromatic rings. The average Bonchev–Trinajstić information content (AvgIpc) is 2.86. The number of aryl methyl sites for hydroxylation is 2. The Bertz CT molecular complexity index is 456. The molecule has 0 amide bonds. The van der Waals surface area contributed by atoms with Gasteiger partial charge in [-0.1, -0.05) is 0 Å². The molecule has 1 atom stereocenters. The Morgan fingerprint density at radius 1 is 1.44 bits per heavy atom. The molecule has 0 bridgehead atoms. The predicted octanol–water partition coefficient (Wildman–Crippen LogP) is 0.879. The second-order valence-corrected chi connectivity index (χ2v) is 3.85. The van der Waals surface area contributed by atoms with Gasteiger partial charge >= 0.3 is 0 Å². The zero-order chi connectivity index (χ0) is 11.5. The summed E-state index contributed by atoms with van der Waals surface area (Å²) in [5.41, 5.74) is 7.00. The van der Waals surface area contributed by atoms with Crippen LogP contribution in [0.4, 0.5) is 0 Å². The fraction of sp³-hybridized carbons (Fsp3) is 0.455. The fourth-order valence-corrected chi connectivity index (χ4v) is 1.75. The summed E-state index contributed by atoms with van der Waals surface area (Å²) >= 11 is 0. The van der Waals surface area contributed by atoms with Crippen LogP contribution in [0.1, 0.15) is 24.5 Å². The van der Waals surface area contributed by atoms with Crippen LogP contribution in [-0.2, 0) is 20.0 Å². The number of aromatic nitrogens is 4. The first-order valence-electron chi connectivity index (χ1n) is 5.46. The standard InChI is InChI=1S/C11H17N5/c1-3-16-7-5-13-11(16)8-9(12)10-4-6-15(2)14-10/h4-7,9H,3,8,12H2,1-2H3. The summed E-state index contributed by atoms with van der Waals surface area (Å²) in [5.74, 6) is 1.01. The number of rotatable bonds is 4. The highest BCUT2D eigenvalue weighted by atomic mass is 15.3. The maximum atomic E-state index is 6.09. The van der Waals surface area contributed by atoms with E-state index in [0.29, 0.717) is 0 Å². The molecule has 0 fully saturated rings. The van der Waals surface area contributed by atoms with Crippen LogP contribution in [-0.4, -0.2) is 19.3 Å². The van der Waals surface area contributed by atoms with Crippen LogP contribution < -0.4 is 5.73 Å². The topological polar surface area (TPSA) is 61.7 Å². The van der Waals surface area contributed by atoms with Gasteiger partial charge in [-0.3, -0.25) is 4.68 Å². The van der Waals surface area contributed by atoms with Gasteiger partial charge in [-0.25, -0.2) is 4.98 Å². The predicted molar refractivity (Wildman–Crippen MR) is 61.7 cm³/mol. The number of imidazole rings is 1. The lowest BCUT2D eigenvalue weighted by Crippen LogP contribution is -2.17. The van der Waals surface area contributed by atoms with E-state index < -0.39 is 0 Å². The van der Waals surface area contributed by atoms with Crippen LogP contribution in [0.15, 0.2) is 24.7 Å². The Labute approximate surface area is 94.9 Å². The first-order valence-corrected chi connectivity index (χ1v) is 5.46. The van der Waals surface area contributed by atoms with Crippen LogP contribution in [0, 0.1) is 0 Å². The number of nitrogens with two attached hydrogens (primary N) is 1. The van der Waals surface area contributed by atoms with Crippen molar-refractivity contribution in [2.75, 3.05) is 0 Å². The smallest absolute Gasteiger partial charge is 0.110 e. The van der Waals surface area contributed by atoms with E-state index in [0.717, 1.165) is 24.5 Å². The highest BCUT2D eigenvalue weighted by Crippen LogP contribution is 2.12. The van der Waals surface area contributed by atoms with E-state index in [1.54, 1.807) is 4.68 Å². The van der Waals surface area contributed by atoms with Gasteiger partial charge in [0.25, 0.3) is 0 Å². The lowest BCUT2D eigenvalue weighted by atomic mass is 10.1. The zero-order valence-corrected chi connectivity index (χ0v) is 9.67. The van der Waals surface area contributed by atoms with Crippen molar-refractivity contribution < 1.29 is 0 Å². The number of hydrogen-bond donors (Lipinski definition) is 1. The third-order valence-corrected chi connectivity index (χ3v) is 2.66. The molecular formula is C11H17N5. The van der Waals surface area contributed by atoms with Gasteiger partial charge in [-0.2, -0.15) is 5.10 Å². The maximum Gasteiger partial charge on any atom is 0.110 e. The molecule has 0 aliphatic heterocycles. The van der Waals surface area contributed by atoms with E-state index in [4.69, 9.17) is 5.73 Å². The minimum atomic E-state index is -0.0890. The van der Waals surface area contributed by atoms with Gasteiger partial charge in [0, 0.05) is 38.6 Å². The largest absolute Gasteiger partial charge is 0.335 e. The average molecular weight is 219 g/mol. The van der Waals surface area contributed by atoms with E-state index >= 15 is 0 Å². The monoisotopic (exact) mass is 219 g/mol. The van der Waals surface area contributed by atoms with Gasteiger partial charge in [0.15, 0.2) is 0 Å². The summed E-state index contributed by atoms with van der Waals surface area (Å²) in [7, 11) is 1.89. The SMILES string of the molecule is CCn1ccnc1CC(N)c1ccn(C)n1. The molecule has 0 saturated carbocycles. The zero-order valence-electron chi connectivity index (χ0n) is 9.67. The van der Waals surface area contributed by atoms with Gasteiger partial charge in [-0.05, 0) is 13.0 Å². The first-order chi connectivity index (χ1) is 7.70. The highest BCUT2D eigenvalue weighted by Gasteiger charge is 2.12. The van der Waals surface area contributed by atoms with Crippen molar-refractivity contribution in [3.63, 3.8) is 0 Å². The van der Waals surface area contributed by atoms with E-state index in [-0.39, 0.29) is 6.04 Å². The fourth-order valence-electron chi connectivity index (χ4n) is 1.75. The van der Waals surface area contributed by atoms with Gasteiger partial charge in [0.1, 0.15) is 5.82 Å². The third kappa shape index (κ3) is 2.14. The third-order valence-electron chi connectivity index (χ3n) is 2.66. The molecule has 16 heavy (non-hydrogen) atoms. The molecule has 0 aromatic carbocycles. The van der Waals surface area contributed by atoms with Crippen molar-refractivity contribution >= 4 is 0 Å². The Hall–Kier alpha value is -1.62. The molecule has 2 aromatic heterocycles. The Kier molecular flexibility index (Phi) is 3.05. The molecule has 0 aliphatic rings. The van der Waals surface area contributed by atoms with Crippen LogP contribution in [0.25, 0.3) is 0 Å². The Balaban J connectivity index is 2.10. The highest BCUT2D eigenvalue weighted by molar-refractivity contribution is 5.08. The van der Waals surface area contributed by atoms with Crippen LogP contribution in [0.2, 0.25) is 0 Å². The molecule has 86 valence electrons. The minimum Gasteiger partial charge on any atom is -0.335 e. The van der Waals surface area contributed by atoms with Crippen molar-refractivity contribution in [3.05, 3.63) is 36.2 Å². The summed E-state index contributed by atoms with van der Waals surface area (Å²) in [5, 5.41) is 4.30. The molecular weight excluding hydrogens is 202 g/mol. The number of hydrogen-bond acceptors (Lipinski definition) is 3. The molecule has 2 heterocycles. The van der Waals surface area contributed by atoms with Crippen LogP contribution in [0.5, 0.6) is 0 Å². The number of nitrogens with zero attached hydrogens (tertiary/aromatic N) is 4. The van der Waals surface area contributed by atoms with E-state index in [1.807, 2.05) is 31.7 Å². The van der Waals surface area contributed by atoms with Gasteiger partial charge in [0.2, 0.25) is 0 Å². The molecule has 0 radical (unpaired) electrons. The molecule has 0 saturated heterocycles. The lowest BCUT2D eigenvalue weighted by molar-refractivity contribution is 0.604. The molecule has 1 unspecified atom stereocenters. The van der Waals surface area contributed by atoms with E-state index in [2.05, 4.69) is 21.6 Å². The second-order valence-electron chi connectivity index (χ2n) is 3.85. The van der Waals surface area contributed by atoms with Crippen molar-refractivity contribution in [1.82, 2.24) is 19.3 Å². The van der Waals surface area contributed by atoms with E-state index in [1.165, 1.54) is 0 Å². The maximum absolute atomic E-state index is 6.09. The molecule has 5 nitrogen and oxygen atoms in total. The Morgan fingerprint density at radius 3 is 2.88 bits per heavy atom. The molecule has 2 N–H and O–H groups in total. The van der Waals surface area contributed by atoms with Crippen LogP contribution in [0.3, 0.4) is 0 Å². The van der Waals surface area contributed by atoms with E-state index in [9.17, 15) is 0 Å². The molecule has 2 rings (SSSR count). The first kappa shape index (κ1) is 10.9. The summed E-state index contributed by atoms with van der Waals surface area (Å²) in [6.07, 6.45) is 6.41. The lowest BCUT2D eigenvalue weighted by Gasteiger charge is -2.09. The van der Waals surface area contributed by atoms with Gasteiger partial charge < -0.3 is 10.3 Å². The summed E-state index contributed by atoms with van der Waals surface area (Å²) in [4.78, 5) is 4.31. The van der Waals surface area contributed by atoms with Gasteiger partial charge in [0.05, 0.1) is 11.7 Å².